The van der Waals surface area contributed by atoms with Gasteiger partial charge in [0.05, 0.1) is 5.92 Å². The number of carboxylic acid groups (broad SMARTS) is 1. The molecule has 26 heavy (non-hydrogen) atoms. The lowest BCUT2D eigenvalue weighted by molar-refractivity contribution is -0.141. The monoisotopic (exact) mass is 363 g/mol. The van der Waals surface area contributed by atoms with E-state index in [9.17, 15) is 9.59 Å². The van der Waals surface area contributed by atoms with Crippen molar-refractivity contribution in [3.8, 4) is 11.5 Å². The number of rotatable bonds is 10. The van der Waals surface area contributed by atoms with Gasteiger partial charge in [-0.3, -0.25) is 14.7 Å². The van der Waals surface area contributed by atoms with Crippen LogP contribution in [0.25, 0.3) is 11.5 Å². The Bertz CT molecular complexity index is 737. The highest BCUT2D eigenvalue weighted by molar-refractivity contribution is 5.93. The average molecular weight is 363 g/mol. The van der Waals surface area contributed by atoms with Crippen molar-refractivity contribution >= 4 is 11.9 Å². The summed E-state index contributed by atoms with van der Waals surface area (Å²) in [5.41, 5.74) is 0.824. The number of nitrogens with zero attached hydrogens (tertiary/aromatic N) is 2. The van der Waals surface area contributed by atoms with Gasteiger partial charge in [-0.25, -0.2) is 0 Å². The summed E-state index contributed by atoms with van der Waals surface area (Å²) in [7, 11) is 0. The molecule has 0 radical (unpaired) electrons. The number of aromatic amines is 1. The fourth-order valence-corrected chi connectivity index (χ4v) is 2.49. The molecule has 142 valence electrons. The first-order chi connectivity index (χ1) is 12.4. The van der Waals surface area contributed by atoms with Crippen molar-refractivity contribution in [1.82, 2.24) is 15.1 Å². The Hall–Kier alpha value is -2.61. The third-order valence-corrected chi connectivity index (χ3v) is 3.93. The van der Waals surface area contributed by atoms with Crippen molar-refractivity contribution < 1.29 is 23.8 Å². The summed E-state index contributed by atoms with van der Waals surface area (Å²) in [6.45, 7) is 6.94. The van der Waals surface area contributed by atoms with Gasteiger partial charge in [0.2, 0.25) is 0 Å². The summed E-state index contributed by atoms with van der Waals surface area (Å²) in [6.07, 6.45) is 0.626. The van der Waals surface area contributed by atoms with Crippen LogP contribution in [0, 0.1) is 12.8 Å². The Kier molecular flexibility index (Phi) is 6.97. The predicted molar refractivity (Wildman–Crippen MR) is 94.8 cm³/mol. The SMILES string of the molecule is CCOCCCN(CC(C)C(=O)O)C(=O)c1cc(-c2ccc(C)o2)[nH]n1. The number of carboxylic acids is 1. The van der Waals surface area contributed by atoms with E-state index in [-0.39, 0.29) is 18.1 Å². The summed E-state index contributed by atoms with van der Waals surface area (Å²) in [5, 5.41) is 16.0. The Morgan fingerprint density at radius 2 is 2.19 bits per heavy atom. The largest absolute Gasteiger partial charge is 0.481 e. The van der Waals surface area contributed by atoms with Gasteiger partial charge < -0.3 is 19.2 Å². The highest BCUT2D eigenvalue weighted by Crippen LogP contribution is 2.21. The van der Waals surface area contributed by atoms with Crippen LogP contribution in [0.4, 0.5) is 0 Å². The third kappa shape index (κ3) is 5.19. The Labute approximate surface area is 152 Å². The van der Waals surface area contributed by atoms with Crippen LogP contribution in [0.3, 0.4) is 0 Å². The first-order valence-corrected chi connectivity index (χ1v) is 8.64. The number of hydrogen-bond acceptors (Lipinski definition) is 5. The minimum atomic E-state index is -0.943. The van der Waals surface area contributed by atoms with E-state index in [0.29, 0.717) is 37.6 Å². The molecule has 8 heteroatoms. The quantitative estimate of drug-likeness (QED) is 0.628. The van der Waals surface area contributed by atoms with Gasteiger partial charge in [0.25, 0.3) is 5.91 Å². The van der Waals surface area contributed by atoms with Crippen molar-refractivity contribution in [2.45, 2.75) is 27.2 Å². The maximum absolute atomic E-state index is 12.8. The molecular formula is C18H25N3O5. The first-order valence-electron chi connectivity index (χ1n) is 8.64. The maximum atomic E-state index is 12.8. The molecule has 0 bridgehead atoms. The lowest BCUT2D eigenvalue weighted by atomic mass is 10.1. The van der Waals surface area contributed by atoms with Crippen LogP contribution in [0.2, 0.25) is 0 Å². The van der Waals surface area contributed by atoms with Crippen molar-refractivity contribution in [2.24, 2.45) is 5.92 Å². The van der Waals surface area contributed by atoms with E-state index in [0.717, 1.165) is 5.76 Å². The van der Waals surface area contributed by atoms with Gasteiger partial charge in [-0.15, -0.1) is 0 Å². The molecule has 0 fully saturated rings. The van der Waals surface area contributed by atoms with Crippen molar-refractivity contribution in [3.63, 3.8) is 0 Å². The Morgan fingerprint density at radius 3 is 2.81 bits per heavy atom. The fraction of sp³-hybridized carbons (Fsp3) is 0.500. The number of nitrogens with one attached hydrogen (secondary N) is 1. The molecule has 0 spiro atoms. The molecule has 1 amide bonds. The van der Waals surface area contributed by atoms with Crippen LogP contribution in [0.5, 0.6) is 0 Å². The van der Waals surface area contributed by atoms with E-state index in [1.54, 1.807) is 19.1 Å². The van der Waals surface area contributed by atoms with Crippen molar-refractivity contribution in [1.29, 1.82) is 0 Å². The second-order valence-corrected chi connectivity index (χ2v) is 6.12. The number of aromatic nitrogens is 2. The van der Waals surface area contributed by atoms with E-state index in [4.69, 9.17) is 14.3 Å². The third-order valence-electron chi connectivity index (χ3n) is 3.93. The second-order valence-electron chi connectivity index (χ2n) is 6.12. The lowest BCUT2D eigenvalue weighted by Crippen LogP contribution is -2.38. The number of H-pyrrole nitrogens is 1. The molecule has 2 aromatic rings. The molecule has 2 heterocycles. The summed E-state index contributed by atoms with van der Waals surface area (Å²) < 4.78 is 10.8. The van der Waals surface area contributed by atoms with E-state index in [2.05, 4.69) is 10.2 Å². The highest BCUT2D eigenvalue weighted by atomic mass is 16.5. The van der Waals surface area contributed by atoms with Gasteiger partial charge in [-0.05, 0) is 32.4 Å². The molecule has 0 aliphatic carbocycles. The standard InChI is InChI=1S/C18H25N3O5/c1-4-25-9-5-8-21(11-12(2)18(23)24)17(22)15-10-14(19-20-15)16-7-6-13(3)26-16/h6-7,10,12H,4-5,8-9,11H2,1-3H3,(H,19,20)(H,23,24). The van der Waals surface area contributed by atoms with E-state index in [1.807, 2.05) is 19.9 Å². The molecule has 2 rings (SSSR count). The average Bonchev–Trinajstić information content (AvgIpc) is 3.25. The topological polar surface area (TPSA) is 109 Å². The van der Waals surface area contributed by atoms with E-state index in [1.165, 1.54) is 4.90 Å². The second kappa shape index (κ2) is 9.19. The smallest absolute Gasteiger partial charge is 0.308 e. The number of aliphatic carboxylic acids is 1. The molecular weight excluding hydrogens is 338 g/mol. The number of hydrogen-bond donors (Lipinski definition) is 2. The summed E-state index contributed by atoms with van der Waals surface area (Å²) in [5.74, 6) is -0.579. The number of carbonyl (C=O) groups excluding carboxylic acids is 1. The van der Waals surface area contributed by atoms with Gasteiger partial charge in [-0.2, -0.15) is 5.10 Å². The Balaban J connectivity index is 2.11. The Morgan fingerprint density at radius 1 is 1.42 bits per heavy atom. The zero-order valence-electron chi connectivity index (χ0n) is 15.3. The maximum Gasteiger partial charge on any atom is 0.308 e. The normalized spacial score (nSPS) is 12.1. The van der Waals surface area contributed by atoms with Crippen LogP contribution in [-0.4, -0.2) is 58.4 Å². The van der Waals surface area contributed by atoms with Crippen LogP contribution in [0.15, 0.2) is 22.6 Å². The zero-order chi connectivity index (χ0) is 19.1. The van der Waals surface area contributed by atoms with Crippen molar-refractivity contribution in [2.75, 3.05) is 26.3 Å². The summed E-state index contributed by atoms with van der Waals surface area (Å²) in [6, 6.07) is 5.23. The van der Waals surface area contributed by atoms with Crippen LogP contribution in [0.1, 0.15) is 36.5 Å². The van der Waals surface area contributed by atoms with Gasteiger partial charge >= 0.3 is 5.97 Å². The number of ether oxygens (including phenoxy) is 1. The van der Waals surface area contributed by atoms with Gasteiger partial charge in [0.15, 0.2) is 11.5 Å². The molecule has 0 aliphatic heterocycles. The lowest BCUT2D eigenvalue weighted by Gasteiger charge is -2.23. The molecule has 0 saturated carbocycles. The molecule has 1 atom stereocenters. The minimum absolute atomic E-state index is 0.113. The number of carbonyl (C=O) groups is 2. The molecule has 2 aromatic heterocycles. The summed E-state index contributed by atoms with van der Waals surface area (Å²) in [4.78, 5) is 25.5. The number of furan rings is 1. The highest BCUT2D eigenvalue weighted by Gasteiger charge is 2.23. The molecule has 2 N–H and O–H groups in total. The number of aryl methyl sites for hydroxylation is 1. The van der Waals surface area contributed by atoms with E-state index < -0.39 is 11.9 Å². The van der Waals surface area contributed by atoms with Crippen LogP contribution >= 0.6 is 0 Å². The van der Waals surface area contributed by atoms with E-state index >= 15 is 0 Å². The molecule has 0 aromatic carbocycles. The van der Waals surface area contributed by atoms with Crippen molar-refractivity contribution in [3.05, 3.63) is 29.7 Å². The first kappa shape index (κ1) is 19.7. The zero-order valence-corrected chi connectivity index (χ0v) is 15.3. The number of amides is 1. The molecule has 8 nitrogen and oxygen atoms in total. The molecule has 1 unspecified atom stereocenters. The fourth-order valence-electron chi connectivity index (χ4n) is 2.49. The van der Waals surface area contributed by atoms with Gasteiger partial charge in [0.1, 0.15) is 11.5 Å². The summed E-state index contributed by atoms with van der Waals surface area (Å²) >= 11 is 0. The predicted octanol–water partition coefficient (Wildman–Crippen LogP) is 2.57. The molecule has 0 aliphatic rings. The van der Waals surface area contributed by atoms with Gasteiger partial charge in [0, 0.05) is 32.4 Å². The van der Waals surface area contributed by atoms with Crippen LogP contribution < -0.4 is 0 Å². The minimum Gasteiger partial charge on any atom is -0.481 e. The van der Waals surface area contributed by atoms with Gasteiger partial charge in [-0.1, -0.05) is 6.92 Å². The van der Waals surface area contributed by atoms with Crippen LogP contribution in [-0.2, 0) is 9.53 Å². The molecule has 0 saturated heterocycles.